The monoisotopic (exact) mass is 237 g/mol. The summed E-state index contributed by atoms with van der Waals surface area (Å²) < 4.78 is 13.5. The van der Waals surface area contributed by atoms with Gasteiger partial charge in [0, 0.05) is 11.6 Å². The number of unbranched alkanes of at least 4 members (excludes halogenated alkanes) is 4. The van der Waals surface area contributed by atoms with Crippen molar-refractivity contribution in [1.82, 2.24) is 5.32 Å². The molecule has 0 saturated heterocycles. The predicted molar refractivity (Wildman–Crippen MR) is 71.6 cm³/mol. The second-order valence-electron chi connectivity index (χ2n) is 4.61. The van der Waals surface area contributed by atoms with Gasteiger partial charge in [-0.05, 0) is 26.0 Å². The maximum atomic E-state index is 13.5. The minimum absolute atomic E-state index is 0.0994. The smallest absolute Gasteiger partial charge is 0.127 e. The van der Waals surface area contributed by atoms with Crippen LogP contribution < -0.4 is 5.32 Å². The lowest BCUT2D eigenvalue weighted by atomic mass is 10.1. The van der Waals surface area contributed by atoms with Crippen LogP contribution >= 0.6 is 0 Å². The molecule has 0 heterocycles. The lowest BCUT2D eigenvalue weighted by molar-refractivity contribution is 0.507. The Morgan fingerprint density at radius 3 is 2.53 bits per heavy atom. The molecule has 1 aromatic carbocycles. The van der Waals surface area contributed by atoms with Crippen molar-refractivity contribution in [2.24, 2.45) is 0 Å². The van der Waals surface area contributed by atoms with Gasteiger partial charge in [0.25, 0.3) is 0 Å². The Balaban J connectivity index is 2.21. The van der Waals surface area contributed by atoms with Gasteiger partial charge in [0.2, 0.25) is 0 Å². The summed E-state index contributed by atoms with van der Waals surface area (Å²) in [5.41, 5.74) is 0.765. The third kappa shape index (κ3) is 5.31. The standard InChI is InChI=1S/C15H24FN/c1-3-4-5-6-9-12-17-13(2)14-10-7-8-11-15(14)16/h7-8,10-11,13,17H,3-6,9,12H2,1-2H3. The number of rotatable bonds is 8. The fourth-order valence-corrected chi connectivity index (χ4v) is 1.98. The summed E-state index contributed by atoms with van der Waals surface area (Å²) in [6, 6.07) is 7.09. The van der Waals surface area contributed by atoms with Crippen LogP contribution in [0.25, 0.3) is 0 Å². The van der Waals surface area contributed by atoms with E-state index >= 15 is 0 Å². The Kier molecular flexibility index (Phi) is 6.87. The first-order valence-corrected chi connectivity index (χ1v) is 6.73. The first-order valence-electron chi connectivity index (χ1n) is 6.73. The Hall–Kier alpha value is -0.890. The number of benzene rings is 1. The van der Waals surface area contributed by atoms with E-state index in [2.05, 4.69) is 12.2 Å². The van der Waals surface area contributed by atoms with Gasteiger partial charge in [-0.3, -0.25) is 0 Å². The lowest BCUT2D eigenvalue weighted by Gasteiger charge is -2.14. The van der Waals surface area contributed by atoms with Crippen LogP contribution in [0.1, 0.15) is 57.6 Å². The summed E-state index contributed by atoms with van der Waals surface area (Å²) in [5, 5.41) is 3.38. The fraction of sp³-hybridized carbons (Fsp3) is 0.600. The Morgan fingerprint density at radius 1 is 1.12 bits per heavy atom. The molecule has 0 aromatic heterocycles. The third-order valence-electron chi connectivity index (χ3n) is 3.10. The van der Waals surface area contributed by atoms with Gasteiger partial charge in [0.1, 0.15) is 5.82 Å². The van der Waals surface area contributed by atoms with Gasteiger partial charge in [-0.25, -0.2) is 4.39 Å². The van der Waals surface area contributed by atoms with Gasteiger partial charge in [-0.1, -0.05) is 50.8 Å². The maximum absolute atomic E-state index is 13.5. The molecule has 1 aromatic rings. The van der Waals surface area contributed by atoms with E-state index in [0.29, 0.717) is 0 Å². The molecular weight excluding hydrogens is 213 g/mol. The summed E-state index contributed by atoms with van der Waals surface area (Å²) in [4.78, 5) is 0. The second kappa shape index (κ2) is 8.24. The van der Waals surface area contributed by atoms with Crippen molar-refractivity contribution in [2.75, 3.05) is 6.54 Å². The van der Waals surface area contributed by atoms with Gasteiger partial charge in [0.15, 0.2) is 0 Å². The molecule has 1 atom stereocenters. The van der Waals surface area contributed by atoms with Crippen LogP contribution in [0.4, 0.5) is 4.39 Å². The third-order valence-corrected chi connectivity index (χ3v) is 3.10. The topological polar surface area (TPSA) is 12.0 Å². The molecule has 0 fully saturated rings. The summed E-state index contributed by atoms with van der Waals surface area (Å²) in [6.07, 6.45) is 6.36. The van der Waals surface area contributed by atoms with Gasteiger partial charge in [-0.15, -0.1) is 0 Å². The summed E-state index contributed by atoms with van der Waals surface area (Å²) >= 11 is 0. The highest BCUT2D eigenvalue weighted by Gasteiger charge is 2.08. The van der Waals surface area contributed by atoms with Crippen LogP contribution in [0.3, 0.4) is 0 Å². The summed E-state index contributed by atoms with van der Waals surface area (Å²) in [7, 11) is 0. The summed E-state index contributed by atoms with van der Waals surface area (Å²) in [5.74, 6) is -0.113. The van der Waals surface area contributed by atoms with Crippen LogP contribution in [-0.2, 0) is 0 Å². The molecule has 0 amide bonds. The Bertz CT molecular complexity index is 312. The van der Waals surface area contributed by atoms with Gasteiger partial charge < -0.3 is 5.32 Å². The number of halogens is 1. The Labute approximate surface area is 104 Å². The van der Waals surface area contributed by atoms with E-state index in [1.54, 1.807) is 6.07 Å². The van der Waals surface area contributed by atoms with Crippen LogP contribution in [-0.4, -0.2) is 6.54 Å². The minimum Gasteiger partial charge on any atom is -0.310 e. The SMILES string of the molecule is CCCCCCCNC(C)c1ccccc1F. The highest BCUT2D eigenvalue weighted by molar-refractivity contribution is 5.20. The average molecular weight is 237 g/mol. The molecule has 96 valence electrons. The normalized spacial score (nSPS) is 12.6. The van der Waals surface area contributed by atoms with E-state index in [1.165, 1.54) is 38.2 Å². The van der Waals surface area contributed by atoms with Crippen LogP contribution in [0.2, 0.25) is 0 Å². The molecule has 0 saturated carbocycles. The molecule has 0 radical (unpaired) electrons. The van der Waals surface area contributed by atoms with Gasteiger partial charge >= 0.3 is 0 Å². The van der Waals surface area contributed by atoms with Gasteiger partial charge in [-0.2, -0.15) is 0 Å². The predicted octanol–water partition coefficient (Wildman–Crippen LogP) is 4.45. The van der Waals surface area contributed by atoms with E-state index in [4.69, 9.17) is 0 Å². The zero-order chi connectivity index (χ0) is 12.5. The van der Waals surface area contributed by atoms with Crippen molar-refractivity contribution in [3.63, 3.8) is 0 Å². The van der Waals surface area contributed by atoms with Gasteiger partial charge in [0.05, 0.1) is 0 Å². The largest absolute Gasteiger partial charge is 0.310 e. The molecular formula is C15H24FN. The zero-order valence-corrected chi connectivity index (χ0v) is 11.0. The molecule has 0 aliphatic carbocycles. The zero-order valence-electron chi connectivity index (χ0n) is 11.0. The van der Waals surface area contributed by atoms with Crippen molar-refractivity contribution < 1.29 is 4.39 Å². The second-order valence-corrected chi connectivity index (χ2v) is 4.61. The lowest BCUT2D eigenvalue weighted by Crippen LogP contribution is -2.20. The maximum Gasteiger partial charge on any atom is 0.127 e. The van der Waals surface area contributed by atoms with E-state index in [-0.39, 0.29) is 11.9 Å². The molecule has 0 bridgehead atoms. The Morgan fingerprint density at radius 2 is 1.82 bits per heavy atom. The van der Waals surface area contributed by atoms with Crippen LogP contribution in [0.5, 0.6) is 0 Å². The highest BCUT2D eigenvalue weighted by atomic mass is 19.1. The van der Waals surface area contributed by atoms with Crippen molar-refractivity contribution in [2.45, 2.75) is 52.0 Å². The van der Waals surface area contributed by atoms with E-state index in [1.807, 2.05) is 19.1 Å². The van der Waals surface area contributed by atoms with E-state index in [9.17, 15) is 4.39 Å². The van der Waals surface area contributed by atoms with Crippen molar-refractivity contribution >= 4 is 0 Å². The first kappa shape index (κ1) is 14.2. The molecule has 0 spiro atoms. The van der Waals surface area contributed by atoms with Crippen LogP contribution in [0, 0.1) is 5.82 Å². The van der Waals surface area contributed by atoms with E-state index < -0.39 is 0 Å². The number of nitrogens with one attached hydrogen (secondary N) is 1. The molecule has 0 aliphatic heterocycles. The van der Waals surface area contributed by atoms with Crippen molar-refractivity contribution in [1.29, 1.82) is 0 Å². The van der Waals surface area contributed by atoms with E-state index in [0.717, 1.165) is 12.1 Å². The number of hydrogen-bond acceptors (Lipinski definition) is 1. The van der Waals surface area contributed by atoms with Crippen molar-refractivity contribution in [3.05, 3.63) is 35.6 Å². The number of hydrogen-bond donors (Lipinski definition) is 1. The minimum atomic E-state index is -0.113. The molecule has 1 N–H and O–H groups in total. The van der Waals surface area contributed by atoms with Crippen molar-refractivity contribution in [3.8, 4) is 0 Å². The highest BCUT2D eigenvalue weighted by Crippen LogP contribution is 2.15. The molecule has 1 unspecified atom stereocenters. The molecule has 17 heavy (non-hydrogen) atoms. The molecule has 1 nitrogen and oxygen atoms in total. The molecule has 2 heteroatoms. The molecule has 1 rings (SSSR count). The molecule has 0 aliphatic rings. The first-order chi connectivity index (χ1) is 8.25. The average Bonchev–Trinajstić information content (AvgIpc) is 2.34. The summed E-state index contributed by atoms with van der Waals surface area (Å²) in [6.45, 7) is 5.21. The quantitative estimate of drug-likeness (QED) is 0.659. The van der Waals surface area contributed by atoms with Crippen LogP contribution in [0.15, 0.2) is 24.3 Å². The fourth-order valence-electron chi connectivity index (χ4n) is 1.98.